The summed E-state index contributed by atoms with van der Waals surface area (Å²) in [6, 6.07) is 9.53. The minimum atomic E-state index is -0.871. The van der Waals surface area contributed by atoms with E-state index in [4.69, 9.17) is 9.47 Å². The summed E-state index contributed by atoms with van der Waals surface area (Å²) >= 11 is 0. The molecule has 0 saturated carbocycles. The van der Waals surface area contributed by atoms with Crippen molar-refractivity contribution in [3.8, 4) is 0 Å². The first-order valence-corrected chi connectivity index (χ1v) is 6.47. The molecule has 1 fully saturated rings. The Labute approximate surface area is 117 Å². The quantitative estimate of drug-likeness (QED) is 0.669. The molecule has 1 aromatic carbocycles. The molecular formula is C15H18O5. The lowest BCUT2D eigenvalue weighted by Gasteiger charge is -2.32. The van der Waals surface area contributed by atoms with Gasteiger partial charge in [-0.2, -0.15) is 0 Å². The van der Waals surface area contributed by atoms with Crippen LogP contribution in [0, 0.1) is 0 Å². The molecular weight excluding hydrogens is 260 g/mol. The number of aliphatic hydroxyl groups excluding tert-OH is 1. The van der Waals surface area contributed by atoms with Crippen molar-refractivity contribution in [3.63, 3.8) is 0 Å². The molecule has 1 aromatic rings. The van der Waals surface area contributed by atoms with Gasteiger partial charge in [-0.05, 0) is 6.08 Å². The second-order valence-electron chi connectivity index (χ2n) is 4.45. The zero-order valence-corrected chi connectivity index (χ0v) is 11.3. The van der Waals surface area contributed by atoms with Gasteiger partial charge < -0.3 is 19.3 Å². The highest BCUT2D eigenvalue weighted by atomic mass is 16.7. The smallest absolute Gasteiger partial charge is 0.330 e. The highest BCUT2D eigenvalue weighted by molar-refractivity contribution is 5.81. The highest BCUT2D eigenvalue weighted by Gasteiger charge is 2.28. The van der Waals surface area contributed by atoms with Crippen LogP contribution < -0.4 is 0 Å². The SMILES string of the molecule is COC(=O)/C=C/[C@H](O)[C@@H]1CCO[C@H](c2ccccc2)O1. The minimum absolute atomic E-state index is 0.408. The van der Waals surface area contributed by atoms with Crippen LogP contribution in [-0.4, -0.2) is 37.0 Å². The number of carbonyl (C=O) groups is 1. The van der Waals surface area contributed by atoms with E-state index >= 15 is 0 Å². The number of aliphatic hydroxyl groups is 1. The maximum Gasteiger partial charge on any atom is 0.330 e. The third kappa shape index (κ3) is 3.90. The third-order valence-electron chi connectivity index (χ3n) is 3.05. The van der Waals surface area contributed by atoms with E-state index in [0.717, 1.165) is 5.56 Å². The summed E-state index contributed by atoms with van der Waals surface area (Å²) < 4.78 is 15.7. The second kappa shape index (κ2) is 7.19. The van der Waals surface area contributed by atoms with E-state index < -0.39 is 24.5 Å². The Morgan fingerprint density at radius 2 is 2.20 bits per heavy atom. The Balaban J connectivity index is 1.96. The molecule has 1 N–H and O–H groups in total. The maximum absolute atomic E-state index is 11.0. The van der Waals surface area contributed by atoms with Crippen LogP contribution in [-0.2, 0) is 19.0 Å². The van der Waals surface area contributed by atoms with Crippen molar-refractivity contribution in [3.05, 3.63) is 48.0 Å². The lowest BCUT2D eigenvalue weighted by Crippen LogP contribution is -2.35. The molecule has 2 rings (SSSR count). The van der Waals surface area contributed by atoms with Crippen LogP contribution in [0.25, 0.3) is 0 Å². The maximum atomic E-state index is 11.0. The molecule has 0 amide bonds. The largest absolute Gasteiger partial charge is 0.466 e. The van der Waals surface area contributed by atoms with Crippen molar-refractivity contribution in [1.29, 1.82) is 0 Å². The van der Waals surface area contributed by atoms with Crippen molar-refractivity contribution in [2.75, 3.05) is 13.7 Å². The fraction of sp³-hybridized carbons (Fsp3) is 0.400. The van der Waals surface area contributed by atoms with Crippen molar-refractivity contribution in [1.82, 2.24) is 0 Å². The monoisotopic (exact) mass is 278 g/mol. The zero-order chi connectivity index (χ0) is 14.4. The van der Waals surface area contributed by atoms with E-state index in [-0.39, 0.29) is 0 Å². The molecule has 0 spiro atoms. The van der Waals surface area contributed by atoms with Crippen LogP contribution in [0.1, 0.15) is 18.3 Å². The Hall–Kier alpha value is -1.69. The molecule has 3 atom stereocenters. The molecule has 1 aliphatic heterocycles. The van der Waals surface area contributed by atoms with Gasteiger partial charge in [0.15, 0.2) is 6.29 Å². The van der Waals surface area contributed by atoms with Gasteiger partial charge >= 0.3 is 5.97 Å². The Morgan fingerprint density at radius 3 is 2.90 bits per heavy atom. The first-order chi connectivity index (χ1) is 9.70. The van der Waals surface area contributed by atoms with Gasteiger partial charge in [-0.25, -0.2) is 4.79 Å². The average Bonchev–Trinajstić information content (AvgIpc) is 2.53. The van der Waals surface area contributed by atoms with Crippen molar-refractivity contribution in [2.45, 2.75) is 24.9 Å². The van der Waals surface area contributed by atoms with E-state index in [2.05, 4.69) is 4.74 Å². The molecule has 0 bridgehead atoms. The number of carbonyl (C=O) groups excluding carboxylic acids is 1. The topological polar surface area (TPSA) is 65.0 Å². The van der Waals surface area contributed by atoms with Crippen molar-refractivity contribution >= 4 is 5.97 Å². The fourth-order valence-corrected chi connectivity index (χ4v) is 1.96. The second-order valence-corrected chi connectivity index (χ2v) is 4.45. The summed E-state index contributed by atoms with van der Waals surface area (Å²) in [5.41, 5.74) is 0.904. The number of methoxy groups -OCH3 is 1. The molecule has 1 heterocycles. The molecule has 0 aliphatic carbocycles. The summed E-state index contributed by atoms with van der Waals surface area (Å²) in [7, 11) is 1.29. The van der Waals surface area contributed by atoms with Gasteiger partial charge in [0.05, 0.1) is 25.9 Å². The number of esters is 1. The van der Waals surface area contributed by atoms with Crippen LogP contribution in [0.4, 0.5) is 0 Å². The lowest BCUT2D eigenvalue weighted by atomic mass is 10.1. The van der Waals surface area contributed by atoms with Gasteiger partial charge in [-0.15, -0.1) is 0 Å². The summed E-state index contributed by atoms with van der Waals surface area (Å²) in [6.07, 6.45) is 1.37. The molecule has 1 saturated heterocycles. The third-order valence-corrected chi connectivity index (χ3v) is 3.05. The molecule has 1 aliphatic rings. The molecule has 0 unspecified atom stereocenters. The number of hydrogen-bond donors (Lipinski definition) is 1. The first kappa shape index (κ1) is 14.7. The van der Waals surface area contributed by atoms with Crippen LogP contribution in [0.15, 0.2) is 42.5 Å². The Bertz CT molecular complexity index is 457. The lowest BCUT2D eigenvalue weighted by molar-refractivity contribution is -0.232. The molecule has 108 valence electrons. The Kier molecular flexibility index (Phi) is 5.29. The van der Waals surface area contributed by atoms with Crippen molar-refractivity contribution in [2.24, 2.45) is 0 Å². The summed E-state index contributed by atoms with van der Waals surface area (Å²) in [6.45, 7) is 0.493. The van der Waals surface area contributed by atoms with E-state index in [0.29, 0.717) is 13.0 Å². The van der Waals surface area contributed by atoms with Crippen LogP contribution in [0.3, 0.4) is 0 Å². The normalized spacial score (nSPS) is 24.5. The average molecular weight is 278 g/mol. The van der Waals surface area contributed by atoms with Crippen molar-refractivity contribution < 1.29 is 24.1 Å². The summed E-state index contributed by atoms with van der Waals surface area (Å²) in [4.78, 5) is 11.0. The Morgan fingerprint density at radius 1 is 1.45 bits per heavy atom. The molecule has 20 heavy (non-hydrogen) atoms. The van der Waals surface area contributed by atoms with E-state index in [1.807, 2.05) is 30.3 Å². The number of rotatable bonds is 4. The molecule has 0 radical (unpaired) electrons. The van der Waals surface area contributed by atoms with Gasteiger partial charge in [0.25, 0.3) is 0 Å². The van der Waals surface area contributed by atoms with E-state index in [1.54, 1.807) is 0 Å². The molecule has 5 nitrogen and oxygen atoms in total. The highest BCUT2D eigenvalue weighted by Crippen LogP contribution is 2.27. The predicted octanol–water partition coefficient (Wildman–Crippen LogP) is 1.58. The molecule has 5 heteroatoms. The van der Waals surface area contributed by atoms with E-state index in [9.17, 15) is 9.90 Å². The van der Waals surface area contributed by atoms with Gasteiger partial charge in [0.2, 0.25) is 0 Å². The minimum Gasteiger partial charge on any atom is -0.466 e. The van der Waals surface area contributed by atoms with Gasteiger partial charge in [-0.3, -0.25) is 0 Å². The summed E-state index contributed by atoms with van der Waals surface area (Å²) in [5.74, 6) is -0.504. The van der Waals surface area contributed by atoms with E-state index in [1.165, 1.54) is 19.3 Å². The number of ether oxygens (including phenoxy) is 3. The van der Waals surface area contributed by atoms with Crippen LogP contribution in [0.2, 0.25) is 0 Å². The standard InChI is InChI=1S/C15H18O5/c1-18-14(17)8-7-12(16)13-9-10-19-15(20-13)11-5-3-2-4-6-11/h2-8,12-13,15-16H,9-10H2,1H3/b8-7+/t12-,13-,15-/m0/s1. The van der Waals surface area contributed by atoms with Crippen LogP contribution in [0.5, 0.6) is 0 Å². The van der Waals surface area contributed by atoms with Gasteiger partial charge in [-0.1, -0.05) is 30.3 Å². The predicted molar refractivity (Wildman–Crippen MR) is 71.8 cm³/mol. The zero-order valence-electron chi connectivity index (χ0n) is 11.3. The van der Waals surface area contributed by atoms with Crippen LogP contribution >= 0.6 is 0 Å². The first-order valence-electron chi connectivity index (χ1n) is 6.47. The summed E-state index contributed by atoms with van der Waals surface area (Å²) in [5, 5.41) is 10.0. The molecule has 0 aromatic heterocycles. The van der Waals surface area contributed by atoms with Gasteiger partial charge in [0, 0.05) is 18.1 Å². The fourth-order valence-electron chi connectivity index (χ4n) is 1.96. The number of hydrogen-bond acceptors (Lipinski definition) is 5. The van der Waals surface area contributed by atoms with Gasteiger partial charge in [0.1, 0.15) is 0 Å². The number of benzene rings is 1.